The van der Waals surface area contributed by atoms with E-state index in [-0.39, 0.29) is 17.9 Å². The summed E-state index contributed by atoms with van der Waals surface area (Å²) in [5, 5.41) is 12.3. The van der Waals surface area contributed by atoms with Crippen LogP contribution in [0.3, 0.4) is 0 Å². The Balaban J connectivity index is 1.85. The molecule has 1 aromatic carbocycles. The lowest BCUT2D eigenvalue weighted by Crippen LogP contribution is -2.27. The summed E-state index contributed by atoms with van der Waals surface area (Å²) in [6, 6.07) is 6.49. The lowest BCUT2D eigenvalue weighted by molar-refractivity contribution is -0.119. The van der Waals surface area contributed by atoms with E-state index in [1.54, 1.807) is 31.2 Å². The molecular weight excluding hydrogens is 310 g/mol. The number of nitrogens with one attached hydrogen (secondary N) is 3. The Morgan fingerprint density at radius 2 is 2.00 bits per heavy atom. The lowest BCUT2D eigenvalue weighted by atomic mass is 10.2. The van der Waals surface area contributed by atoms with Gasteiger partial charge in [-0.1, -0.05) is 0 Å². The van der Waals surface area contributed by atoms with Crippen LogP contribution in [0.1, 0.15) is 41.9 Å². The molecule has 1 aromatic heterocycles. The molecule has 0 aliphatic heterocycles. The Hall–Kier alpha value is -2.90. The molecule has 1 heterocycles. The van der Waals surface area contributed by atoms with E-state index in [1.807, 2.05) is 6.92 Å². The molecule has 0 aliphatic rings. The molecule has 0 radical (unpaired) electrons. The second kappa shape index (κ2) is 8.09. The molecule has 2 aromatic rings. The van der Waals surface area contributed by atoms with Crippen molar-refractivity contribution in [1.29, 1.82) is 0 Å². The number of rotatable bonds is 7. The van der Waals surface area contributed by atoms with Crippen molar-refractivity contribution in [2.75, 3.05) is 13.2 Å². The molecule has 8 nitrogen and oxygen atoms in total. The fourth-order valence-electron chi connectivity index (χ4n) is 2.00. The van der Waals surface area contributed by atoms with Crippen molar-refractivity contribution < 1.29 is 14.3 Å². The first-order chi connectivity index (χ1) is 11.5. The van der Waals surface area contributed by atoms with Crippen molar-refractivity contribution in [1.82, 2.24) is 25.8 Å². The molecule has 0 fully saturated rings. The quantitative estimate of drug-likeness (QED) is 0.659. The lowest BCUT2D eigenvalue weighted by Gasteiger charge is -2.11. The maximum Gasteiger partial charge on any atom is 0.251 e. The number of aromatic nitrogens is 3. The van der Waals surface area contributed by atoms with Gasteiger partial charge in [-0.15, -0.1) is 0 Å². The Morgan fingerprint density at radius 3 is 2.58 bits per heavy atom. The maximum atomic E-state index is 12.2. The third-order valence-electron chi connectivity index (χ3n) is 3.21. The summed E-state index contributed by atoms with van der Waals surface area (Å²) in [6.45, 7) is 5.88. The molecule has 0 aliphatic carbocycles. The fourth-order valence-corrected chi connectivity index (χ4v) is 2.00. The van der Waals surface area contributed by atoms with Gasteiger partial charge in [-0.2, -0.15) is 5.10 Å². The zero-order valence-electron chi connectivity index (χ0n) is 13.9. The van der Waals surface area contributed by atoms with E-state index in [4.69, 9.17) is 4.74 Å². The monoisotopic (exact) mass is 331 g/mol. The maximum absolute atomic E-state index is 12.2. The normalized spacial score (nSPS) is 11.6. The molecule has 24 heavy (non-hydrogen) atoms. The van der Waals surface area contributed by atoms with Crippen LogP contribution >= 0.6 is 0 Å². The van der Waals surface area contributed by atoms with Gasteiger partial charge in [-0.05, 0) is 38.1 Å². The summed E-state index contributed by atoms with van der Waals surface area (Å²) in [5.41, 5.74) is 0.517. The van der Waals surface area contributed by atoms with Crippen molar-refractivity contribution in [2.45, 2.75) is 26.8 Å². The Labute approximate surface area is 140 Å². The summed E-state index contributed by atoms with van der Waals surface area (Å²) in [4.78, 5) is 27.2. The van der Waals surface area contributed by atoms with Gasteiger partial charge in [0, 0.05) is 12.5 Å². The summed E-state index contributed by atoms with van der Waals surface area (Å²) in [5.74, 6) is 1.57. The molecule has 0 bridgehead atoms. The van der Waals surface area contributed by atoms with Gasteiger partial charge in [0.05, 0.1) is 12.6 Å². The number of aromatic amines is 1. The average Bonchev–Trinajstić information content (AvgIpc) is 2.98. The number of H-pyrrole nitrogens is 1. The van der Waals surface area contributed by atoms with Crippen LogP contribution in [0.5, 0.6) is 5.75 Å². The van der Waals surface area contributed by atoms with Crippen LogP contribution < -0.4 is 15.4 Å². The number of benzene rings is 1. The van der Waals surface area contributed by atoms with Gasteiger partial charge in [0.25, 0.3) is 5.91 Å². The molecule has 0 unspecified atom stereocenters. The van der Waals surface area contributed by atoms with Gasteiger partial charge < -0.3 is 15.4 Å². The summed E-state index contributed by atoms with van der Waals surface area (Å²) >= 11 is 0. The SMILES string of the molecule is CC(=O)NCCOc1ccc(C(=O)N[C@H](C)c2n[nH]c(C)n2)cc1. The second-order valence-electron chi connectivity index (χ2n) is 5.33. The van der Waals surface area contributed by atoms with Gasteiger partial charge in [0.15, 0.2) is 5.82 Å². The third-order valence-corrected chi connectivity index (χ3v) is 3.21. The van der Waals surface area contributed by atoms with Crippen LogP contribution in [0.2, 0.25) is 0 Å². The summed E-state index contributed by atoms with van der Waals surface area (Å²) < 4.78 is 5.47. The standard InChI is InChI=1S/C16H21N5O3/c1-10(15-19-11(2)20-21-15)18-16(23)13-4-6-14(7-5-13)24-9-8-17-12(3)22/h4-7,10H,8-9H2,1-3H3,(H,17,22)(H,18,23)(H,19,20,21)/t10-/m1/s1. The minimum atomic E-state index is -0.295. The average molecular weight is 331 g/mol. The number of hydrogen-bond acceptors (Lipinski definition) is 5. The Morgan fingerprint density at radius 1 is 1.29 bits per heavy atom. The molecule has 128 valence electrons. The Kier molecular flexibility index (Phi) is 5.89. The summed E-state index contributed by atoms with van der Waals surface area (Å²) in [6.07, 6.45) is 0. The van der Waals surface area contributed by atoms with Gasteiger partial charge in [-0.25, -0.2) is 4.98 Å². The zero-order valence-corrected chi connectivity index (χ0v) is 13.9. The number of nitrogens with zero attached hydrogens (tertiary/aromatic N) is 2. The third kappa shape index (κ3) is 5.08. The van der Waals surface area contributed by atoms with Crippen molar-refractivity contribution in [3.63, 3.8) is 0 Å². The highest BCUT2D eigenvalue weighted by atomic mass is 16.5. The van der Waals surface area contributed by atoms with E-state index in [2.05, 4.69) is 25.8 Å². The first-order valence-electron chi connectivity index (χ1n) is 7.63. The summed E-state index contributed by atoms with van der Waals surface area (Å²) in [7, 11) is 0. The first kappa shape index (κ1) is 17.5. The minimum Gasteiger partial charge on any atom is -0.492 e. The highest BCUT2D eigenvalue weighted by Gasteiger charge is 2.14. The van der Waals surface area contributed by atoms with Crippen LogP contribution in [0, 0.1) is 6.92 Å². The van der Waals surface area contributed by atoms with E-state index in [1.165, 1.54) is 6.92 Å². The number of hydrogen-bond donors (Lipinski definition) is 3. The van der Waals surface area contributed by atoms with E-state index >= 15 is 0 Å². The highest BCUT2D eigenvalue weighted by molar-refractivity contribution is 5.94. The van der Waals surface area contributed by atoms with Gasteiger partial charge in [0.2, 0.25) is 5.91 Å². The molecule has 0 saturated carbocycles. The van der Waals surface area contributed by atoms with Crippen molar-refractivity contribution >= 4 is 11.8 Å². The molecular formula is C16H21N5O3. The number of carbonyl (C=O) groups excluding carboxylic acids is 2. The molecule has 2 amide bonds. The van der Waals surface area contributed by atoms with E-state index in [0.717, 1.165) is 0 Å². The molecule has 1 atom stereocenters. The van der Waals surface area contributed by atoms with Crippen LogP contribution in [0.15, 0.2) is 24.3 Å². The minimum absolute atomic E-state index is 0.0960. The fraction of sp³-hybridized carbons (Fsp3) is 0.375. The van der Waals surface area contributed by atoms with Crippen LogP contribution in [-0.2, 0) is 4.79 Å². The number of aryl methyl sites for hydroxylation is 1. The Bertz CT molecular complexity index is 696. The van der Waals surface area contributed by atoms with Crippen molar-refractivity contribution in [3.05, 3.63) is 41.5 Å². The van der Waals surface area contributed by atoms with Gasteiger partial charge >= 0.3 is 0 Å². The number of carbonyl (C=O) groups is 2. The largest absolute Gasteiger partial charge is 0.492 e. The first-order valence-corrected chi connectivity index (χ1v) is 7.63. The molecule has 0 spiro atoms. The van der Waals surface area contributed by atoms with Crippen LogP contribution in [-0.4, -0.2) is 40.1 Å². The van der Waals surface area contributed by atoms with Gasteiger partial charge in [0.1, 0.15) is 18.2 Å². The van der Waals surface area contributed by atoms with Gasteiger partial charge in [-0.3, -0.25) is 14.7 Å². The topological polar surface area (TPSA) is 109 Å². The predicted molar refractivity (Wildman–Crippen MR) is 87.6 cm³/mol. The second-order valence-corrected chi connectivity index (χ2v) is 5.33. The van der Waals surface area contributed by atoms with E-state index in [9.17, 15) is 9.59 Å². The van der Waals surface area contributed by atoms with Crippen LogP contribution in [0.25, 0.3) is 0 Å². The molecule has 0 saturated heterocycles. The molecule has 2 rings (SSSR count). The molecule has 8 heteroatoms. The van der Waals surface area contributed by atoms with Crippen molar-refractivity contribution in [2.24, 2.45) is 0 Å². The number of amides is 2. The predicted octanol–water partition coefficient (Wildman–Crippen LogP) is 1.12. The smallest absolute Gasteiger partial charge is 0.251 e. The van der Waals surface area contributed by atoms with Crippen molar-refractivity contribution in [3.8, 4) is 5.75 Å². The highest BCUT2D eigenvalue weighted by Crippen LogP contribution is 2.13. The zero-order chi connectivity index (χ0) is 17.5. The number of ether oxygens (including phenoxy) is 1. The van der Waals surface area contributed by atoms with E-state index < -0.39 is 0 Å². The van der Waals surface area contributed by atoms with E-state index in [0.29, 0.717) is 36.1 Å². The molecule has 3 N–H and O–H groups in total. The van der Waals surface area contributed by atoms with Crippen LogP contribution in [0.4, 0.5) is 0 Å².